The molecule has 2 fully saturated rings. The van der Waals surface area contributed by atoms with Crippen LogP contribution in [0.25, 0.3) is 0 Å². The maximum Gasteiger partial charge on any atom is 0.162 e. The molecule has 4 heterocycles. The Bertz CT molecular complexity index is 1550. The van der Waals surface area contributed by atoms with Gasteiger partial charge in [-0.2, -0.15) is 0 Å². The standard InChI is InChI=1S/C33H36N2O6/c1-39-26-13-22-18(10-25(26)38)17-34-8-6-33(22)16-21(24(37)15-29(33)34)31-20-12-27(40-2)28(41-3)14-23(20)32-5-4-19(36)11-30(32)35(31)9-7-32/h4-5,10,12-14,16,19,29-31,36,38H,6-9,11,15,17H2,1-3H3. The number of nitrogens with zero attached hydrogens (tertiary/aromatic N) is 2. The summed E-state index contributed by atoms with van der Waals surface area (Å²) in [6.07, 6.45) is 8.82. The molecule has 0 saturated carbocycles. The van der Waals surface area contributed by atoms with Gasteiger partial charge in [0.2, 0.25) is 0 Å². The van der Waals surface area contributed by atoms with E-state index in [4.69, 9.17) is 14.2 Å². The second-order valence-corrected chi connectivity index (χ2v) is 12.6. The normalized spacial score (nSPS) is 37.5. The van der Waals surface area contributed by atoms with Gasteiger partial charge in [-0.1, -0.05) is 18.2 Å². The number of fused-ring (bicyclic) bond motifs is 2. The maximum atomic E-state index is 14.2. The Kier molecular flexibility index (Phi) is 5.32. The topological polar surface area (TPSA) is 91.7 Å². The molecule has 4 bridgehead atoms. The van der Waals surface area contributed by atoms with Gasteiger partial charge in [0.1, 0.15) is 0 Å². The van der Waals surface area contributed by atoms with E-state index in [1.54, 1.807) is 21.3 Å². The molecule has 41 heavy (non-hydrogen) atoms. The number of carbonyl (C=O) groups excluding carboxylic acids is 1. The van der Waals surface area contributed by atoms with Gasteiger partial charge in [-0.05, 0) is 65.8 Å². The molecule has 0 aromatic heterocycles. The number of benzene rings is 2. The molecule has 0 amide bonds. The van der Waals surface area contributed by atoms with Gasteiger partial charge in [0.05, 0.1) is 33.5 Å². The Balaban J connectivity index is 1.36. The smallest absolute Gasteiger partial charge is 0.162 e. The number of hydrogen-bond acceptors (Lipinski definition) is 8. The Hall–Kier alpha value is -3.33. The summed E-state index contributed by atoms with van der Waals surface area (Å²) in [6.45, 7) is 2.45. The lowest BCUT2D eigenvalue weighted by Gasteiger charge is -2.51. The average Bonchev–Trinajstić information content (AvgIpc) is 3.42. The van der Waals surface area contributed by atoms with Crippen LogP contribution in [0.1, 0.15) is 54.0 Å². The third kappa shape index (κ3) is 3.18. The Morgan fingerprint density at radius 2 is 1.63 bits per heavy atom. The second kappa shape index (κ2) is 8.60. The van der Waals surface area contributed by atoms with E-state index in [2.05, 4.69) is 34.1 Å². The summed E-state index contributed by atoms with van der Waals surface area (Å²) in [5.74, 6) is 2.14. The van der Waals surface area contributed by atoms with Crippen molar-refractivity contribution in [1.29, 1.82) is 0 Å². The van der Waals surface area contributed by atoms with Gasteiger partial charge in [0.25, 0.3) is 0 Å². The fraction of sp³-hybridized carbons (Fsp3) is 0.485. The van der Waals surface area contributed by atoms with Crippen LogP contribution in [0.3, 0.4) is 0 Å². The Morgan fingerprint density at radius 3 is 2.41 bits per heavy atom. The number of rotatable bonds is 4. The summed E-state index contributed by atoms with van der Waals surface area (Å²) in [6, 6.07) is 7.94. The largest absolute Gasteiger partial charge is 0.504 e. The van der Waals surface area contributed by atoms with Crippen LogP contribution in [-0.2, 0) is 22.2 Å². The van der Waals surface area contributed by atoms with Gasteiger partial charge in [-0.15, -0.1) is 0 Å². The van der Waals surface area contributed by atoms with E-state index in [0.29, 0.717) is 30.1 Å². The summed E-state index contributed by atoms with van der Waals surface area (Å²) in [5.41, 5.74) is 4.76. The molecular weight excluding hydrogens is 520 g/mol. The van der Waals surface area contributed by atoms with Crippen molar-refractivity contribution in [3.63, 3.8) is 0 Å². The number of aliphatic hydroxyl groups is 1. The number of aromatic hydroxyl groups is 1. The first-order chi connectivity index (χ1) is 19.8. The van der Waals surface area contributed by atoms with Crippen LogP contribution in [0.4, 0.5) is 0 Å². The molecule has 8 nitrogen and oxygen atoms in total. The molecule has 4 aliphatic heterocycles. The number of ether oxygens (including phenoxy) is 3. The number of ketones is 1. The molecule has 2 aliphatic carbocycles. The van der Waals surface area contributed by atoms with Crippen molar-refractivity contribution in [3.05, 3.63) is 70.3 Å². The molecule has 8 heteroatoms. The van der Waals surface area contributed by atoms with Crippen molar-refractivity contribution in [2.75, 3.05) is 34.4 Å². The summed E-state index contributed by atoms with van der Waals surface area (Å²) < 4.78 is 17.1. The van der Waals surface area contributed by atoms with Gasteiger partial charge in [0, 0.05) is 54.5 Å². The van der Waals surface area contributed by atoms with E-state index < -0.39 is 6.10 Å². The van der Waals surface area contributed by atoms with Crippen LogP contribution in [-0.4, -0.2) is 78.4 Å². The summed E-state index contributed by atoms with van der Waals surface area (Å²) in [5, 5.41) is 21.3. The number of carbonyl (C=O) groups is 1. The predicted molar refractivity (Wildman–Crippen MR) is 152 cm³/mol. The summed E-state index contributed by atoms with van der Waals surface area (Å²) >= 11 is 0. The van der Waals surface area contributed by atoms with Crippen LogP contribution in [0.5, 0.6) is 23.0 Å². The van der Waals surface area contributed by atoms with Crippen LogP contribution in [0.2, 0.25) is 0 Å². The first-order valence-electron chi connectivity index (χ1n) is 14.6. The second-order valence-electron chi connectivity index (χ2n) is 12.6. The van der Waals surface area contributed by atoms with Crippen LogP contribution >= 0.6 is 0 Å². The molecular formula is C33H36N2O6. The minimum Gasteiger partial charge on any atom is -0.504 e. The molecule has 8 rings (SSSR count). The number of methoxy groups -OCH3 is 3. The van der Waals surface area contributed by atoms with Gasteiger partial charge < -0.3 is 24.4 Å². The van der Waals surface area contributed by atoms with Crippen molar-refractivity contribution in [2.24, 2.45) is 0 Å². The van der Waals surface area contributed by atoms with Crippen molar-refractivity contribution >= 4 is 5.78 Å². The molecule has 214 valence electrons. The molecule has 2 aromatic rings. The number of Topliss-reactive ketones (excluding diaryl/α,β-unsaturated/α-hetero) is 1. The number of aliphatic hydroxyl groups excluding tert-OH is 1. The van der Waals surface area contributed by atoms with Crippen molar-refractivity contribution in [3.8, 4) is 23.0 Å². The van der Waals surface area contributed by atoms with Crippen molar-refractivity contribution in [2.45, 2.75) is 67.3 Å². The quantitative estimate of drug-likeness (QED) is 0.553. The highest BCUT2D eigenvalue weighted by atomic mass is 16.5. The third-order valence-corrected chi connectivity index (χ3v) is 11.1. The van der Waals surface area contributed by atoms with Crippen molar-refractivity contribution < 1.29 is 29.2 Å². The summed E-state index contributed by atoms with van der Waals surface area (Å²) in [7, 11) is 4.89. The van der Waals surface area contributed by atoms with Crippen molar-refractivity contribution in [1.82, 2.24) is 9.80 Å². The minimum atomic E-state index is -0.510. The molecule has 6 aliphatic rings. The molecule has 0 radical (unpaired) electrons. The van der Waals surface area contributed by atoms with Gasteiger partial charge in [-0.3, -0.25) is 14.6 Å². The van der Waals surface area contributed by atoms with E-state index in [9.17, 15) is 15.0 Å². The molecule has 8 atom stereocenters. The zero-order valence-electron chi connectivity index (χ0n) is 23.7. The highest BCUT2D eigenvalue weighted by Gasteiger charge is 2.60. The fourth-order valence-corrected chi connectivity index (χ4v) is 9.30. The Labute approximate surface area is 239 Å². The van der Waals surface area contributed by atoms with E-state index >= 15 is 0 Å². The van der Waals surface area contributed by atoms with Gasteiger partial charge in [-0.25, -0.2) is 0 Å². The lowest BCUT2D eigenvalue weighted by Crippen LogP contribution is -2.54. The third-order valence-electron chi connectivity index (χ3n) is 11.1. The van der Waals surface area contributed by atoms with Crippen LogP contribution < -0.4 is 14.2 Å². The highest BCUT2D eigenvalue weighted by molar-refractivity contribution is 5.99. The zero-order chi connectivity index (χ0) is 28.3. The molecule has 0 spiro atoms. The first-order valence-corrected chi connectivity index (χ1v) is 14.6. The number of phenols is 1. The fourth-order valence-electron chi connectivity index (χ4n) is 9.30. The monoisotopic (exact) mass is 556 g/mol. The lowest BCUT2D eigenvalue weighted by atomic mass is 9.61. The van der Waals surface area contributed by atoms with Crippen LogP contribution in [0, 0.1) is 0 Å². The predicted octanol–water partition coefficient (Wildman–Crippen LogP) is 3.53. The van der Waals surface area contributed by atoms with Crippen LogP contribution in [0.15, 0.2) is 48.1 Å². The van der Waals surface area contributed by atoms with E-state index in [1.807, 2.05) is 18.2 Å². The molecule has 2 N–H and O–H groups in total. The lowest BCUT2D eigenvalue weighted by molar-refractivity contribution is -0.118. The number of phenolic OH excluding ortho intramolecular Hbond substituents is 1. The van der Waals surface area contributed by atoms with E-state index in [1.165, 1.54) is 5.56 Å². The minimum absolute atomic E-state index is 0.0813. The Morgan fingerprint density at radius 1 is 0.902 bits per heavy atom. The van der Waals surface area contributed by atoms with E-state index in [0.717, 1.165) is 54.7 Å². The average molecular weight is 557 g/mol. The zero-order valence-corrected chi connectivity index (χ0v) is 23.7. The molecule has 8 unspecified atom stereocenters. The molecule has 2 saturated heterocycles. The maximum absolute atomic E-state index is 14.2. The first kappa shape index (κ1) is 25.4. The summed E-state index contributed by atoms with van der Waals surface area (Å²) in [4.78, 5) is 19.1. The van der Waals surface area contributed by atoms with Gasteiger partial charge >= 0.3 is 0 Å². The highest BCUT2D eigenvalue weighted by Crippen LogP contribution is 2.60. The number of hydrogen-bond donors (Lipinski definition) is 2. The molecule has 2 aromatic carbocycles. The SMILES string of the molecule is COc1cc2c(cc1O)CN1CCC23C=C(C2c4cc(OC)c(OC)cc4C45C=CC(O)CC4N2CC5)C(=O)CC13. The van der Waals surface area contributed by atoms with E-state index in [-0.39, 0.29) is 40.5 Å². The van der Waals surface area contributed by atoms with Gasteiger partial charge in [0.15, 0.2) is 28.8 Å².